The predicted molar refractivity (Wildman–Crippen MR) is 351 cm³/mol. The van der Waals surface area contributed by atoms with E-state index in [9.17, 15) is 48.6 Å². The Kier molecular flexibility index (Phi) is 24.7. The number of likely N-dealkylation sites (tertiary alicyclic amines) is 1. The number of benzene rings is 4. The van der Waals surface area contributed by atoms with Crippen LogP contribution in [0.15, 0.2) is 120 Å². The number of likely N-dealkylation sites (N-methyl/N-ethyl adjacent to an activating group) is 1. The highest BCUT2D eigenvalue weighted by Crippen LogP contribution is 2.23. The molecule has 10 amide bonds. The third kappa shape index (κ3) is 19.4. The number of aliphatic hydroxyl groups excluding tert-OH is 1. The molecule has 2 aromatic heterocycles. The van der Waals surface area contributed by atoms with Crippen molar-refractivity contribution >= 4 is 86.8 Å². The molecule has 2 fully saturated rings. The van der Waals surface area contributed by atoms with Crippen molar-refractivity contribution in [2.24, 2.45) is 22.4 Å². The quantitative estimate of drug-likeness (QED) is 0.0156. The maximum absolute atomic E-state index is 15.1. The second-order valence-corrected chi connectivity index (χ2v) is 24.1. The summed E-state index contributed by atoms with van der Waals surface area (Å²) < 4.78 is 0. The van der Waals surface area contributed by atoms with Gasteiger partial charge < -0.3 is 84.4 Å². The van der Waals surface area contributed by atoms with E-state index in [0.29, 0.717) is 47.2 Å². The molecule has 0 bridgehead atoms. The number of hydrogen-bond acceptors (Lipinski definition) is 13. The van der Waals surface area contributed by atoms with Crippen LogP contribution in [0.5, 0.6) is 5.75 Å². The lowest BCUT2D eigenvalue weighted by molar-refractivity contribution is -0.142. The number of carbonyl (C=O) groups is 10. The van der Waals surface area contributed by atoms with E-state index in [4.69, 9.17) is 11.5 Å². The Labute approximate surface area is 543 Å². The third-order valence-corrected chi connectivity index (χ3v) is 16.5. The van der Waals surface area contributed by atoms with Crippen molar-refractivity contribution in [3.05, 3.63) is 138 Å². The van der Waals surface area contributed by atoms with Crippen LogP contribution in [-0.4, -0.2) is 171 Å². The summed E-state index contributed by atoms with van der Waals surface area (Å²) in [4.78, 5) is 154. The van der Waals surface area contributed by atoms with Crippen LogP contribution in [0.25, 0.3) is 21.8 Å². The van der Waals surface area contributed by atoms with E-state index < -0.39 is 108 Å². The zero-order valence-corrected chi connectivity index (χ0v) is 52.9. The number of aliphatic imine (C=N–C) groups is 1. The van der Waals surface area contributed by atoms with E-state index in [-0.39, 0.29) is 100 Å². The Morgan fingerprint density at radius 2 is 1.20 bits per heavy atom. The smallest absolute Gasteiger partial charge is 0.245 e. The Morgan fingerprint density at radius 1 is 0.638 bits per heavy atom. The number of hydrogen-bond donors (Lipinski definition) is 15. The number of amides is 10. The topological polar surface area (TPSA) is 419 Å². The number of nitrogens with two attached hydrogens (primary N) is 2. The van der Waals surface area contributed by atoms with Crippen molar-refractivity contribution in [3.63, 3.8) is 0 Å². The normalized spacial score (nSPS) is 16.7. The lowest BCUT2D eigenvalue weighted by Gasteiger charge is -2.30. The molecule has 0 spiro atoms. The first-order valence-electron chi connectivity index (χ1n) is 31.8. The Bertz CT molecular complexity index is 3650. The van der Waals surface area contributed by atoms with Gasteiger partial charge in [0.15, 0.2) is 5.96 Å². The van der Waals surface area contributed by atoms with Gasteiger partial charge in [-0.15, -0.1) is 0 Å². The molecule has 4 heterocycles. The number of phenolic OH excluding ortho intramolecular Hbond substituents is 1. The third-order valence-electron chi connectivity index (χ3n) is 16.5. The maximum Gasteiger partial charge on any atom is 0.245 e. The van der Waals surface area contributed by atoms with Gasteiger partial charge in [0.2, 0.25) is 59.1 Å². The molecule has 2 aliphatic heterocycles. The molecule has 27 heteroatoms. The monoisotopic (exact) mass is 1290 g/mol. The molecular formula is C67H85N15O12. The van der Waals surface area contributed by atoms with Crippen LogP contribution in [0, 0.1) is 5.92 Å². The zero-order valence-electron chi connectivity index (χ0n) is 52.9. The van der Waals surface area contributed by atoms with Crippen LogP contribution < -0.4 is 59.3 Å². The lowest BCUT2D eigenvalue weighted by atomic mass is 10.00. The summed E-state index contributed by atoms with van der Waals surface area (Å²) in [6.45, 7) is 5.16. The summed E-state index contributed by atoms with van der Waals surface area (Å²) >= 11 is 0. The van der Waals surface area contributed by atoms with Crippen molar-refractivity contribution < 1.29 is 58.2 Å². The van der Waals surface area contributed by atoms with Crippen molar-refractivity contribution in [3.8, 4) is 5.75 Å². The van der Waals surface area contributed by atoms with Gasteiger partial charge in [0.1, 0.15) is 60.1 Å². The molecule has 0 saturated carbocycles. The van der Waals surface area contributed by atoms with Gasteiger partial charge in [-0.1, -0.05) is 92.7 Å². The van der Waals surface area contributed by atoms with E-state index in [1.165, 1.54) is 29.2 Å². The first kappa shape index (κ1) is 69.6. The number of guanidine groups is 1. The molecule has 0 aliphatic carbocycles. The van der Waals surface area contributed by atoms with Crippen molar-refractivity contribution in [2.75, 3.05) is 26.2 Å². The van der Waals surface area contributed by atoms with Crippen LogP contribution in [0.1, 0.15) is 88.1 Å². The highest BCUT2D eigenvalue weighted by Gasteiger charge is 2.40. The van der Waals surface area contributed by atoms with Gasteiger partial charge >= 0.3 is 0 Å². The molecule has 8 rings (SSSR count). The fourth-order valence-electron chi connectivity index (χ4n) is 11.7. The average molecular weight is 1290 g/mol. The van der Waals surface area contributed by atoms with Crippen LogP contribution >= 0.6 is 0 Å². The first-order chi connectivity index (χ1) is 45.2. The molecule has 9 atom stereocenters. The Balaban J connectivity index is 1.05. The number of aromatic amines is 2. The minimum Gasteiger partial charge on any atom is -0.508 e. The molecule has 2 saturated heterocycles. The van der Waals surface area contributed by atoms with E-state index >= 15 is 9.59 Å². The van der Waals surface area contributed by atoms with E-state index in [1.54, 1.807) is 55.6 Å². The lowest BCUT2D eigenvalue weighted by Crippen LogP contribution is -2.61. The second kappa shape index (κ2) is 33.3. The molecule has 17 N–H and O–H groups in total. The van der Waals surface area contributed by atoms with Gasteiger partial charge in [-0.3, -0.25) is 52.9 Å². The summed E-state index contributed by atoms with van der Waals surface area (Å²) in [7, 11) is 0. The summed E-state index contributed by atoms with van der Waals surface area (Å²) in [6, 6.07) is 19.3. The van der Waals surface area contributed by atoms with Crippen LogP contribution in [0.2, 0.25) is 0 Å². The van der Waals surface area contributed by atoms with Crippen LogP contribution in [0.3, 0.4) is 0 Å². The van der Waals surface area contributed by atoms with E-state index in [2.05, 4.69) is 62.8 Å². The Morgan fingerprint density at radius 3 is 1.83 bits per heavy atom. The van der Waals surface area contributed by atoms with Crippen molar-refractivity contribution in [1.82, 2.24) is 62.7 Å². The number of nitrogens with zero attached hydrogens (tertiary/aromatic N) is 2. The number of fused-ring (bicyclic) bond motifs is 2. The zero-order chi connectivity index (χ0) is 67.4. The summed E-state index contributed by atoms with van der Waals surface area (Å²) in [5.74, 6) is -7.46. The summed E-state index contributed by atoms with van der Waals surface area (Å²) in [5, 5.41) is 47.3. The number of H-pyrrole nitrogens is 2. The molecule has 2 aliphatic rings. The van der Waals surface area contributed by atoms with Gasteiger partial charge in [-0.25, -0.2) is 0 Å². The van der Waals surface area contributed by atoms with E-state index in [1.807, 2.05) is 56.3 Å². The number of carbonyl (C=O) groups excluding carboxylic acids is 10. The summed E-state index contributed by atoms with van der Waals surface area (Å²) in [6.07, 6.45) is 2.73. The number of rotatable bonds is 32. The van der Waals surface area contributed by atoms with E-state index in [0.717, 1.165) is 16.4 Å². The Hall–Kier alpha value is -10.3. The van der Waals surface area contributed by atoms with Crippen LogP contribution in [-0.2, 0) is 73.6 Å². The number of aromatic hydroxyl groups is 1. The molecular weight excluding hydrogens is 1210 g/mol. The number of para-hydroxylation sites is 2. The van der Waals surface area contributed by atoms with Crippen LogP contribution in [0.4, 0.5) is 0 Å². The minimum atomic E-state index is -1.77. The number of nitrogens with one attached hydrogen (secondary N) is 11. The average Bonchev–Trinajstić information content (AvgIpc) is 1.64. The SMILES string of the molecule is CCNC(=O)[C@@H]1CCCN1C(=O)[C@H](CCCN=C(N)N)NC(=O)[C@H](CC(C)C)NC(=O)[C@@H](Cc1cc2ccccc2[nH]1)NC(=O)[C@H](Cc1ccc(O)cc1)NC(=O)[C@H](CO)NC(=O)[C@H](Cc1c[nH]c2ccccc12)NC(=O)[C@H](Cc1ccccc1)NC(=O)[C@@H]1CCC(=O)N1. The van der Waals surface area contributed by atoms with Gasteiger partial charge in [0.25, 0.3) is 0 Å². The summed E-state index contributed by atoms with van der Waals surface area (Å²) in [5.41, 5.74) is 14.8. The molecule has 6 aromatic rings. The highest BCUT2D eigenvalue weighted by atomic mass is 16.3. The fourth-order valence-corrected chi connectivity index (χ4v) is 11.7. The highest BCUT2D eigenvalue weighted by molar-refractivity contribution is 6.00. The fraction of sp³-hybridized carbons (Fsp3) is 0.418. The van der Waals surface area contributed by atoms with Crippen molar-refractivity contribution in [2.45, 2.75) is 146 Å². The molecule has 0 unspecified atom stereocenters. The number of aliphatic hydroxyl groups is 1. The first-order valence-corrected chi connectivity index (χ1v) is 31.8. The van der Waals surface area contributed by atoms with Crippen molar-refractivity contribution in [1.29, 1.82) is 0 Å². The second-order valence-electron chi connectivity index (χ2n) is 24.1. The van der Waals surface area contributed by atoms with Gasteiger partial charge in [0, 0.05) is 80.0 Å². The minimum absolute atomic E-state index is 0.0150. The molecule has 4 aromatic carbocycles. The number of aromatic nitrogens is 2. The molecule has 27 nitrogen and oxygen atoms in total. The van der Waals surface area contributed by atoms with Gasteiger partial charge in [0.05, 0.1) is 6.61 Å². The predicted octanol–water partition coefficient (Wildman–Crippen LogP) is 0.517. The molecule has 94 heavy (non-hydrogen) atoms. The molecule has 0 radical (unpaired) electrons. The standard InChI is InChI=1S/C67H85N15O12/c1-4-70-65(93)56-21-13-29-82(56)66(94)49(20-12-28-71-67(68)69)75-59(87)50(30-38(2)3)76-63(91)54(35-43-33-41-16-8-10-18-46(41)73-43)80-61(89)52(32-40-22-24-44(84)25-23-40)78-64(92)55(37-83)81-62(90)53(34-42-36-72-47-19-11-9-17-45(42)47)79-60(88)51(31-39-14-6-5-7-15-39)77-58(86)48-26-27-57(85)74-48/h5-11,14-19,22-25,33,36,38,48-56,72-73,83-84H,4,12-13,20-21,26-32,34-35,37H2,1-3H3,(H,70,93)(H,74,85)(H,75,87)(H,76,91)(H,77,86)(H,78,92)(H,79,88)(H,80,89)(H,81,90)(H4,68,69,71)/t48-,49-,50-,51-,52-,53-,54+,55-,56-/m0/s1. The van der Waals surface area contributed by atoms with Gasteiger partial charge in [-0.2, -0.15) is 0 Å². The number of phenols is 1. The maximum atomic E-state index is 15.1. The van der Waals surface area contributed by atoms with Gasteiger partial charge in [-0.05, 0) is 104 Å². The largest absolute Gasteiger partial charge is 0.508 e. The molecule has 500 valence electrons.